The highest BCUT2D eigenvalue weighted by Crippen LogP contribution is 2.19. The van der Waals surface area contributed by atoms with Crippen LogP contribution in [0.4, 0.5) is 0 Å². The van der Waals surface area contributed by atoms with Gasteiger partial charge >= 0.3 is 0 Å². The van der Waals surface area contributed by atoms with E-state index in [0.29, 0.717) is 5.75 Å². The van der Waals surface area contributed by atoms with Gasteiger partial charge in [-0.2, -0.15) is 0 Å². The Kier molecular flexibility index (Phi) is 4.39. The van der Waals surface area contributed by atoms with Crippen LogP contribution >= 0.6 is 11.8 Å². The molecule has 1 aliphatic heterocycles. The number of ketones is 1. The minimum absolute atomic E-state index is 0.130. The van der Waals surface area contributed by atoms with Crippen LogP contribution in [0, 0.1) is 6.92 Å². The van der Waals surface area contributed by atoms with E-state index in [1.54, 1.807) is 0 Å². The van der Waals surface area contributed by atoms with Gasteiger partial charge in [0.1, 0.15) is 5.82 Å². The number of thioether (sulfide) groups is 1. The number of fused-ring (bicyclic) bond motifs is 1. The van der Waals surface area contributed by atoms with Crippen molar-refractivity contribution in [1.29, 1.82) is 0 Å². The van der Waals surface area contributed by atoms with E-state index in [2.05, 4.69) is 10.1 Å². The minimum atomic E-state index is 0.130. The third kappa shape index (κ3) is 3.53. The topological polar surface area (TPSA) is 47.8 Å². The van der Waals surface area contributed by atoms with Gasteiger partial charge in [0.25, 0.3) is 0 Å². The third-order valence-corrected chi connectivity index (χ3v) is 4.54. The van der Waals surface area contributed by atoms with Gasteiger partial charge in [0, 0.05) is 18.5 Å². The van der Waals surface area contributed by atoms with Crippen LogP contribution in [0.15, 0.2) is 29.4 Å². The van der Waals surface area contributed by atoms with E-state index < -0.39 is 0 Å². The van der Waals surface area contributed by atoms with Gasteiger partial charge in [-0.1, -0.05) is 48.0 Å². The molecule has 1 aromatic heterocycles. The molecule has 0 saturated heterocycles. The molecule has 4 nitrogen and oxygen atoms in total. The van der Waals surface area contributed by atoms with Crippen molar-refractivity contribution in [3.63, 3.8) is 0 Å². The van der Waals surface area contributed by atoms with Crippen LogP contribution in [0.1, 0.15) is 41.0 Å². The van der Waals surface area contributed by atoms with Gasteiger partial charge in [0.05, 0.1) is 5.75 Å². The Morgan fingerprint density at radius 1 is 1.24 bits per heavy atom. The van der Waals surface area contributed by atoms with E-state index in [1.165, 1.54) is 36.6 Å². The first-order valence-corrected chi connectivity index (χ1v) is 8.37. The van der Waals surface area contributed by atoms with E-state index >= 15 is 0 Å². The molecule has 21 heavy (non-hydrogen) atoms. The number of carbonyl (C=O) groups is 1. The fraction of sp³-hybridized carbons (Fsp3) is 0.438. The molecule has 110 valence electrons. The summed E-state index contributed by atoms with van der Waals surface area (Å²) in [6.07, 6.45) is 4.60. The predicted octanol–water partition coefficient (Wildman–Crippen LogP) is 3.29. The summed E-state index contributed by atoms with van der Waals surface area (Å²) in [7, 11) is 0. The van der Waals surface area contributed by atoms with Gasteiger partial charge in [-0.15, -0.1) is 5.10 Å². The number of Topliss-reactive ketones (excluding diaryl/α,β-unsaturated/α-hetero) is 1. The molecular formula is C16H19N3OS. The summed E-state index contributed by atoms with van der Waals surface area (Å²) < 4.78 is 2.01. The Labute approximate surface area is 129 Å². The van der Waals surface area contributed by atoms with Crippen molar-refractivity contribution in [3.8, 4) is 0 Å². The largest absolute Gasteiger partial charge is 0.293 e. The van der Waals surface area contributed by atoms with Crippen molar-refractivity contribution < 1.29 is 4.79 Å². The van der Waals surface area contributed by atoms with Crippen LogP contribution < -0.4 is 0 Å². The molecule has 0 N–H and O–H groups in total. The second-order valence-electron chi connectivity index (χ2n) is 5.42. The lowest BCUT2D eigenvalue weighted by Gasteiger charge is -2.00. The molecule has 0 amide bonds. The molecule has 2 aromatic rings. The second kappa shape index (κ2) is 6.43. The zero-order valence-electron chi connectivity index (χ0n) is 12.2. The van der Waals surface area contributed by atoms with Crippen molar-refractivity contribution in [2.24, 2.45) is 0 Å². The van der Waals surface area contributed by atoms with Gasteiger partial charge in [0.15, 0.2) is 5.78 Å². The fourth-order valence-electron chi connectivity index (χ4n) is 2.45. The number of carbonyl (C=O) groups excluding carboxylic acids is 1. The Hall–Kier alpha value is -1.62. The lowest BCUT2D eigenvalue weighted by atomic mass is 10.1. The van der Waals surface area contributed by atoms with Gasteiger partial charge in [-0.3, -0.25) is 4.79 Å². The summed E-state index contributed by atoms with van der Waals surface area (Å²) in [5, 5.41) is 5.24. The second-order valence-corrected chi connectivity index (χ2v) is 6.36. The summed E-state index contributed by atoms with van der Waals surface area (Å²) in [6, 6.07) is 7.70. The standard InChI is InChI=1S/C16H19N3OS/c1-12-6-8-13(9-7-12)14(20)11-21-16-17-15-5-3-2-4-10-19(15)18-16/h6-9H,2-5,10-11H2,1H3. The molecular weight excluding hydrogens is 282 g/mol. The maximum atomic E-state index is 12.1. The molecule has 0 fully saturated rings. The number of aryl methyl sites for hydroxylation is 3. The highest BCUT2D eigenvalue weighted by molar-refractivity contribution is 7.99. The number of hydrogen-bond donors (Lipinski definition) is 0. The summed E-state index contributed by atoms with van der Waals surface area (Å²) in [6.45, 7) is 2.97. The zero-order chi connectivity index (χ0) is 14.7. The van der Waals surface area contributed by atoms with Crippen LogP contribution in [-0.2, 0) is 13.0 Å². The first-order valence-electron chi connectivity index (χ1n) is 7.39. The Morgan fingerprint density at radius 3 is 2.86 bits per heavy atom. The zero-order valence-corrected chi connectivity index (χ0v) is 13.0. The average molecular weight is 301 g/mol. The first kappa shape index (κ1) is 14.3. The normalized spacial score (nSPS) is 14.5. The number of hydrogen-bond acceptors (Lipinski definition) is 4. The van der Waals surface area contributed by atoms with Gasteiger partial charge in [0.2, 0.25) is 5.16 Å². The number of aromatic nitrogens is 3. The van der Waals surface area contributed by atoms with Crippen molar-refractivity contribution >= 4 is 17.5 Å². The first-order chi connectivity index (χ1) is 10.2. The highest BCUT2D eigenvalue weighted by Gasteiger charge is 2.14. The maximum absolute atomic E-state index is 12.1. The Morgan fingerprint density at radius 2 is 2.05 bits per heavy atom. The van der Waals surface area contributed by atoms with Crippen molar-refractivity contribution in [2.45, 2.75) is 44.3 Å². The molecule has 0 atom stereocenters. The summed E-state index contributed by atoms with van der Waals surface area (Å²) in [5.74, 6) is 1.59. The van der Waals surface area contributed by atoms with Crippen LogP contribution in [-0.4, -0.2) is 26.3 Å². The van der Waals surface area contributed by atoms with Crippen LogP contribution in [0.2, 0.25) is 0 Å². The maximum Gasteiger partial charge on any atom is 0.209 e. The lowest BCUT2D eigenvalue weighted by Crippen LogP contribution is -2.03. The monoisotopic (exact) mass is 301 g/mol. The summed E-state index contributed by atoms with van der Waals surface area (Å²) >= 11 is 1.44. The Balaban J connectivity index is 1.62. The lowest BCUT2D eigenvalue weighted by molar-refractivity contribution is 0.102. The molecule has 0 spiro atoms. The highest BCUT2D eigenvalue weighted by atomic mass is 32.2. The van der Waals surface area contributed by atoms with Gasteiger partial charge < -0.3 is 0 Å². The number of rotatable bonds is 4. The van der Waals surface area contributed by atoms with Crippen molar-refractivity contribution in [3.05, 3.63) is 41.2 Å². The molecule has 0 unspecified atom stereocenters. The van der Waals surface area contributed by atoms with Gasteiger partial charge in [-0.05, 0) is 19.8 Å². The average Bonchev–Trinajstić information content (AvgIpc) is 2.75. The van der Waals surface area contributed by atoms with Crippen LogP contribution in [0.25, 0.3) is 0 Å². The minimum Gasteiger partial charge on any atom is -0.293 e. The molecule has 5 heteroatoms. The third-order valence-electron chi connectivity index (χ3n) is 3.71. The van der Waals surface area contributed by atoms with Crippen LogP contribution in [0.5, 0.6) is 0 Å². The fourth-order valence-corrected chi connectivity index (χ4v) is 3.20. The summed E-state index contributed by atoms with van der Waals surface area (Å²) in [4.78, 5) is 16.7. The molecule has 1 aromatic carbocycles. The predicted molar refractivity (Wildman–Crippen MR) is 83.8 cm³/mol. The molecule has 3 rings (SSSR count). The van der Waals surface area contributed by atoms with Crippen molar-refractivity contribution in [1.82, 2.24) is 14.8 Å². The molecule has 2 heterocycles. The molecule has 1 aliphatic rings. The molecule has 0 saturated carbocycles. The smallest absolute Gasteiger partial charge is 0.209 e. The molecule has 0 radical (unpaired) electrons. The number of nitrogens with zero attached hydrogens (tertiary/aromatic N) is 3. The van der Waals surface area contributed by atoms with E-state index in [1.807, 2.05) is 35.9 Å². The van der Waals surface area contributed by atoms with E-state index in [4.69, 9.17) is 0 Å². The quantitative estimate of drug-likeness (QED) is 0.642. The number of benzene rings is 1. The van der Waals surface area contributed by atoms with Gasteiger partial charge in [-0.25, -0.2) is 9.67 Å². The van der Waals surface area contributed by atoms with Crippen molar-refractivity contribution in [2.75, 3.05) is 5.75 Å². The van der Waals surface area contributed by atoms with E-state index in [-0.39, 0.29) is 5.78 Å². The van der Waals surface area contributed by atoms with E-state index in [0.717, 1.165) is 29.5 Å². The van der Waals surface area contributed by atoms with E-state index in [9.17, 15) is 4.79 Å². The Bertz CT molecular complexity index is 610. The van der Waals surface area contributed by atoms with Crippen LogP contribution in [0.3, 0.4) is 0 Å². The molecule has 0 aliphatic carbocycles. The molecule has 0 bridgehead atoms. The SMILES string of the molecule is Cc1ccc(C(=O)CSc2nc3n(n2)CCCCC3)cc1. The summed E-state index contributed by atoms with van der Waals surface area (Å²) in [5.41, 5.74) is 1.92.